The van der Waals surface area contributed by atoms with Gasteiger partial charge in [-0.3, -0.25) is 15.1 Å². The maximum Gasteiger partial charge on any atom is 0.412 e. The molecule has 4 N–H and O–H groups in total. The molecule has 4 aromatic carbocycles. The highest BCUT2D eigenvalue weighted by molar-refractivity contribution is 7.59. The van der Waals surface area contributed by atoms with Crippen LogP contribution in [0.5, 0.6) is 0 Å². The molecule has 2 heterocycles. The van der Waals surface area contributed by atoms with Crippen LogP contribution in [0.1, 0.15) is 34.5 Å². The number of aliphatic hydroxyl groups is 1. The second kappa shape index (κ2) is 33.5. The van der Waals surface area contributed by atoms with Gasteiger partial charge in [0.2, 0.25) is 0 Å². The fourth-order valence-corrected chi connectivity index (χ4v) is 7.21. The lowest BCUT2D eigenvalue weighted by molar-refractivity contribution is -0.0261. The third kappa shape index (κ3) is 22.0. The zero-order valence-electron chi connectivity index (χ0n) is 42.6. The molecule has 6 rings (SSSR count). The third-order valence-corrected chi connectivity index (χ3v) is 11.9. The van der Waals surface area contributed by atoms with Gasteiger partial charge in [-0.1, -0.05) is 57.7 Å². The summed E-state index contributed by atoms with van der Waals surface area (Å²) in [7, 11) is 2.42. The first-order valence-corrected chi connectivity index (χ1v) is 23.6. The molecule has 34 heteroatoms. The molecule has 0 aliphatic rings. The van der Waals surface area contributed by atoms with Crippen LogP contribution in [0.25, 0.3) is 52.9 Å². The van der Waals surface area contributed by atoms with Gasteiger partial charge < -0.3 is 30.3 Å². The number of ether oxygens (including phenoxy) is 1. The Balaban J connectivity index is 0.000000456. The molecule has 0 saturated heterocycles. The summed E-state index contributed by atoms with van der Waals surface area (Å²) in [5, 5.41) is 27.0. The van der Waals surface area contributed by atoms with E-state index in [2.05, 4.69) is 56.0 Å². The third-order valence-electron chi connectivity index (χ3n) is 11.0. The Bertz CT molecular complexity index is 3350. The minimum Gasteiger partial charge on any atom is -0.447 e. The van der Waals surface area contributed by atoms with E-state index in [1.807, 2.05) is 0 Å². The number of urea groups is 2. The van der Waals surface area contributed by atoms with E-state index >= 15 is 0 Å². The Hall–Kier alpha value is -8.21. The van der Waals surface area contributed by atoms with Crippen LogP contribution in [0.2, 0.25) is 10.0 Å². The van der Waals surface area contributed by atoms with E-state index in [4.69, 9.17) is 44.5 Å². The standard InChI is InChI=1S/C24H22ClF4N7O3.C14H17ClF3N5O2.C10H5FN4O.2H2S/c1-36(22(37)32-11-15-3-2-4-19(27)21(15)25)18(9-24(28,29)13-33-35-30)12-39-23(38)34-20-8-16-7-17(26)6-5-14(16)10-31-20;1-23(10(7-24)5-14(17,18)8-21-22-19)13(25)20-6-9-3-2-4-11(16)12(9)15;11-8-2-1-6-5-13-9(4-7(6)3-8)10(16)14-15-12;;/h2-8,10,18H,9,11-13H2,1H3,(H,32,37)(H,31,34,38);2-4,10,24H,5-8H2,1H3,(H,20,25);1-5H;2*1H2/t18-;10-;;;/m00.../s1. The number of hydrogen-bond acceptors (Lipinski definition) is 10. The van der Waals surface area contributed by atoms with Crippen LogP contribution in [0.3, 0.4) is 0 Å². The van der Waals surface area contributed by atoms with Crippen molar-refractivity contribution in [1.82, 2.24) is 30.4 Å². The highest BCUT2D eigenvalue weighted by atomic mass is 35.5. The predicted octanol–water partition coefficient (Wildman–Crippen LogP) is 12.6. The van der Waals surface area contributed by atoms with Gasteiger partial charge in [-0.05, 0) is 104 Å². The second-order valence-corrected chi connectivity index (χ2v) is 17.4. The van der Waals surface area contributed by atoms with Gasteiger partial charge in [0.15, 0.2) is 0 Å². The van der Waals surface area contributed by atoms with E-state index in [1.165, 1.54) is 93.2 Å². The Labute approximate surface area is 483 Å². The molecule has 6 amide bonds. The minimum absolute atomic E-state index is 0. The van der Waals surface area contributed by atoms with Crippen LogP contribution in [-0.4, -0.2) is 113 Å². The molecule has 438 valence electrons. The van der Waals surface area contributed by atoms with Crippen molar-refractivity contribution in [2.24, 2.45) is 15.3 Å². The fraction of sp³-hybridized carbons (Fsp3) is 0.292. The molecule has 0 aliphatic heterocycles. The smallest absolute Gasteiger partial charge is 0.412 e. The molecule has 22 nitrogen and oxygen atoms in total. The Morgan fingerprint density at radius 1 is 0.671 bits per heavy atom. The van der Waals surface area contributed by atoms with E-state index in [9.17, 15) is 59.4 Å². The largest absolute Gasteiger partial charge is 0.447 e. The van der Waals surface area contributed by atoms with Gasteiger partial charge in [0, 0.05) is 77.9 Å². The lowest BCUT2D eigenvalue weighted by atomic mass is 10.1. The van der Waals surface area contributed by atoms with Crippen molar-refractivity contribution in [1.29, 1.82) is 0 Å². The maximum atomic E-state index is 14.4. The number of nitrogens with one attached hydrogen (secondary N) is 3. The first-order valence-electron chi connectivity index (χ1n) is 22.8. The monoisotopic (exact) mass is 1230 g/mol. The number of fused-ring (bicyclic) bond motifs is 2. The molecule has 0 bridgehead atoms. The number of alkyl halides is 4. The van der Waals surface area contributed by atoms with Gasteiger partial charge >= 0.3 is 18.2 Å². The molecular formula is C48H48Cl2F8N16O6S2. The van der Waals surface area contributed by atoms with Crippen molar-refractivity contribution in [2.45, 2.75) is 49.9 Å². The van der Waals surface area contributed by atoms with Gasteiger partial charge in [-0.2, -0.15) is 27.0 Å². The van der Waals surface area contributed by atoms with Gasteiger partial charge in [-0.25, -0.2) is 54.5 Å². The number of halogens is 10. The number of pyridine rings is 2. The van der Waals surface area contributed by atoms with Crippen LogP contribution in [0, 0.1) is 23.3 Å². The number of aliphatic hydroxyl groups excluding tert-OH is 1. The van der Waals surface area contributed by atoms with E-state index in [0.29, 0.717) is 27.1 Å². The van der Waals surface area contributed by atoms with Crippen molar-refractivity contribution in [2.75, 3.05) is 45.7 Å². The number of carbonyl (C=O) groups excluding carboxylic acids is 4. The van der Waals surface area contributed by atoms with Crippen molar-refractivity contribution < 1.29 is 64.1 Å². The van der Waals surface area contributed by atoms with Gasteiger partial charge in [-0.15, -0.1) is 0 Å². The number of benzene rings is 4. The first-order chi connectivity index (χ1) is 37.9. The van der Waals surface area contributed by atoms with Gasteiger partial charge in [0.1, 0.15) is 41.4 Å². The highest BCUT2D eigenvalue weighted by Gasteiger charge is 2.37. The summed E-state index contributed by atoms with van der Waals surface area (Å²) in [6.45, 7) is -3.97. The normalized spacial score (nSPS) is 11.3. The van der Waals surface area contributed by atoms with Gasteiger partial charge in [0.05, 0.1) is 41.8 Å². The number of likely N-dealkylation sites (N-methyl/N-ethyl adjacent to an activating group) is 2. The van der Waals surface area contributed by atoms with Crippen LogP contribution >= 0.6 is 50.2 Å². The van der Waals surface area contributed by atoms with Crippen LogP contribution < -0.4 is 16.0 Å². The topological polar surface area (TPSA) is 312 Å². The number of rotatable bonds is 19. The lowest BCUT2D eigenvalue weighted by Gasteiger charge is -2.30. The highest BCUT2D eigenvalue weighted by Crippen LogP contribution is 2.27. The molecule has 2 aromatic heterocycles. The number of carbonyl (C=O) groups is 4. The lowest BCUT2D eigenvalue weighted by Crippen LogP contribution is -2.48. The van der Waals surface area contributed by atoms with Gasteiger partial charge in [0.25, 0.3) is 17.8 Å². The molecule has 82 heavy (non-hydrogen) atoms. The maximum absolute atomic E-state index is 14.4. The summed E-state index contributed by atoms with van der Waals surface area (Å²) in [6, 6.07) is 14.8. The number of anilines is 1. The number of amides is 6. The molecule has 0 fully saturated rings. The predicted molar refractivity (Wildman–Crippen MR) is 297 cm³/mol. The van der Waals surface area contributed by atoms with Crippen LogP contribution in [-0.2, 0) is 17.8 Å². The molecule has 6 aromatic rings. The molecule has 2 atom stereocenters. The van der Waals surface area contributed by atoms with Crippen LogP contribution in [0.4, 0.5) is 55.3 Å². The summed E-state index contributed by atoms with van der Waals surface area (Å²) < 4.78 is 115. The Morgan fingerprint density at radius 2 is 1.13 bits per heavy atom. The zero-order chi connectivity index (χ0) is 59.2. The summed E-state index contributed by atoms with van der Waals surface area (Å²) in [4.78, 5) is 64.9. The number of azide groups is 3. The van der Waals surface area contributed by atoms with Crippen molar-refractivity contribution in [3.63, 3.8) is 0 Å². The Kier molecular flexibility index (Phi) is 28.6. The molecule has 0 radical (unpaired) electrons. The zero-order valence-corrected chi connectivity index (χ0v) is 46.1. The van der Waals surface area contributed by atoms with Crippen molar-refractivity contribution in [3.8, 4) is 0 Å². The molecule has 0 spiro atoms. The average Bonchev–Trinajstić information content (AvgIpc) is 3.53. The second-order valence-electron chi connectivity index (χ2n) is 16.7. The minimum atomic E-state index is -3.54. The summed E-state index contributed by atoms with van der Waals surface area (Å²) >= 11 is 11.6. The summed E-state index contributed by atoms with van der Waals surface area (Å²) in [5.41, 5.74) is 25.2. The average molecular weight is 1230 g/mol. The van der Waals surface area contributed by atoms with Crippen molar-refractivity contribution >= 4 is 102 Å². The molecule has 0 unspecified atom stereocenters. The van der Waals surface area contributed by atoms with Crippen LogP contribution in [0.15, 0.2) is 113 Å². The van der Waals surface area contributed by atoms with Crippen molar-refractivity contribution in [3.05, 3.63) is 179 Å². The SMILES string of the molecule is CN(C(=O)NCc1cccc(F)c1Cl)[C@H](CO)CC(F)(F)CN=[N+]=[N-].CN(C(=O)NCc1cccc(F)c1Cl)[C@H](COC(=O)Nc1cc2cc(F)ccc2cn1)CC(F)(F)CN=[N+]=[N-].S.S.[N-]=[N+]=NC(=O)c1cc2cc(F)ccc2cn1. The fourth-order valence-electron chi connectivity index (χ4n) is 6.83. The van der Waals surface area contributed by atoms with E-state index in [0.717, 1.165) is 21.9 Å². The number of nitrogens with zero attached hydrogens (tertiary/aromatic N) is 13. The summed E-state index contributed by atoms with van der Waals surface area (Å²) in [6.07, 6.45) is -0.145. The first kappa shape index (κ1) is 69.9. The Morgan fingerprint density at radius 3 is 1.61 bits per heavy atom. The van der Waals surface area contributed by atoms with E-state index in [1.54, 1.807) is 6.07 Å². The number of aromatic nitrogens is 2. The summed E-state index contributed by atoms with van der Waals surface area (Å²) in [5.74, 6) is -9.92. The molecule has 0 saturated carbocycles. The quantitative estimate of drug-likeness (QED) is 0.0261. The number of hydrogen-bond donors (Lipinski definition) is 4. The van der Waals surface area contributed by atoms with E-state index < -0.39 is 110 Å². The molecule has 0 aliphatic carbocycles. The molecular weight excluding hydrogens is 1180 g/mol. The van der Waals surface area contributed by atoms with E-state index in [-0.39, 0.29) is 67.2 Å².